The third-order valence-electron chi connectivity index (χ3n) is 5.91. The minimum absolute atomic E-state index is 0.0355. The van der Waals surface area contributed by atoms with E-state index < -0.39 is 6.10 Å². The predicted octanol–water partition coefficient (Wildman–Crippen LogP) is 0.951. The molecule has 2 aromatic carbocycles. The number of hydrogen-bond donors (Lipinski definition) is 3. The molecule has 1 aliphatic rings. The van der Waals surface area contributed by atoms with E-state index in [0.29, 0.717) is 6.54 Å². The molecule has 31 heavy (non-hydrogen) atoms. The first-order valence-corrected chi connectivity index (χ1v) is 10.7. The SMILES string of the molecule is COc1ccc(C(OC[C@H](O)C[NH+]2CCC(C(N)=O)CC2)c2ccc(OC)cc2)cc1. The standard InChI is InChI=1S/C24H32N2O5/c1-29-21-7-3-17(4-8-21)23(18-5-9-22(30-2)10-6-18)31-16-20(27)15-26-13-11-19(12-14-26)24(25)28/h3-10,19-20,23,27H,11-16H2,1-2H3,(H2,25,28)/p+1/t20-/m1/s1. The van der Waals surface area contributed by atoms with Gasteiger partial charge in [-0.1, -0.05) is 24.3 Å². The molecular formula is C24H33N2O5+. The number of piperidine rings is 1. The maximum Gasteiger partial charge on any atom is 0.220 e. The highest BCUT2D eigenvalue weighted by Crippen LogP contribution is 2.29. The lowest BCUT2D eigenvalue weighted by molar-refractivity contribution is -0.908. The summed E-state index contributed by atoms with van der Waals surface area (Å²) in [4.78, 5) is 12.6. The number of benzene rings is 2. The molecule has 4 N–H and O–H groups in total. The number of methoxy groups -OCH3 is 2. The number of aliphatic hydroxyl groups excluding tert-OH is 1. The number of ether oxygens (including phenoxy) is 3. The molecule has 7 heteroatoms. The van der Waals surface area contributed by atoms with Crippen molar-refractivity contribution in [1.82, 2.24) is 0 Å². The molecule has 1 aliphatic heterocycles. The van der Waals surface area contributed by atoms with Crippen molar-refractivity contribution in [3.05, 3.63) is 59.7 Å². The fourth-order valence-corrected chi connectivity index (χ4v) is 4.06. The minimum Gasteiger partial charge on any atom is -0.497 e. The molecule has 3 rings (SSSR count). The molecule has 0 saturated carbocycles. The second kappa shape index (κ2) is 11.1. The predicted molar refractivity (Wildman–Crippen MR) is 117 cm³/mol. The average molecular weight is 430 g/mol. The van der Waals surface area contributed by atoms with E-state index >= 15 is 0 Å². The van der Waals surface area contributed by atoms with E-state index in [9.17, 15) is 9.90 Å². The van der Waals surface area contributed by atoms with Crippen LogP contribution in [0.5, 0.6) is 11.5 Å². The quantitative estimate of drug-likeness (QED) is 0.523. The lowest BCUT2D eigenvalue weighted by Gasteiger charge is -2.29. The van der Waals surface area contributed by atoms with Crippen LogP contribution in [0.25, 0.3) is 0 Å². The molecule has 168 valence electrons. The molecule has 1 saturated heterocycles. The fourth-order valence-electron chi connectivity index (χ4n) is 4.06. The van der Waals surface area contributed by atoms with Gasteiger partial charge in [0.25, 0.3) is 0 Å². The highest BCUT2D eigenvalue weighted by molar-refractivity contribution is 5.76. The maximum atomic E-state index is 11.3. The number of amides is 1. The molecule has 0 bridgehead atoms. The number of quaternary nitrogens is 1. The van der Waals surface area contributed by atoms with Gasteiger partial charge < -0.3 is 30.0 Å². The van der Waals surface area contributed by atoms with E-state index in [1.807, 2.05) is 48.5 Å². The van der Waals surface area contributed by atoms with Gasteiger partial charge in [-0.05, 0) is 35.4 Å². The van der Waals surface area contributed by atoms with Crippen LogP contribution in [-0.2, 0) is 9.53 Å². The number of aliphatic hydroxyl groups is 1. The number of hydrogen-bond acceptors (Lipinski definition) is 5. The van der Waals surface area contributed by atoms with Crippen molar-refractivity contribution in [3.8, 4) is 11.5 Å². The summed E-state index contributed by atoms with van der Waals surface area (Å²) < 4.78 is 16.7. The van der Waals surface area contributed by atoms with Crippen molar-refractivity contribution in [2.24, 2.45) is 11.7 Å². The lowest BCUT2D eigenvalue weighted by atomic mass is 9.96. The average Bonchev–Trinajstić information content (AvgIpc) is 2.80. The smallest absolute Gasteiger partial charge is 0.220 e. The Kier molecular flexibility index (Phi) is 8.28. The highest BCUT2D eigenvalue weighted by Gasteiger charge is 2.27. The number of likely N-dealkylation sites (tertiary alicyclic amines) is 1. The van der Waals surface area contributed by atoms with Gasteiger partial charge in [-0.3, -0.25) is 4.79 Å². The first-order chi connectivity index (χ1) is 15.0. The minimum atomic E-state index is -0.598. The second-order valence-electron chi connectivity index (χ2n) is 8.04. The van der Waals surface area contributed by atoms with Crippen molar-refractivity contribution in [1.29, 1.82) is 0 Å². The van der Waals surface area contributed by atoms with Crippen LogP contribution in [0.1, 0.15) is 30.1 Å². The molecule has 0 aliphatic carbocycles. The van der Waals surface area contributed by atoms with Gasteiger partial charge in [-0.15, -0.1) is 0 Å². The zero-order chi connectivity index (χ0) is 22.2. The molecule has 0 radical (unpaired) electrons. The molecule has 2 aromatic rings. The first-order valence-electron chi connectivity index (χ1n) is 10.7. The van der Waals surface area contributed by atoms with Gasteiger partial charge in [0.05, 0.1) is 33.9 Å². The highest BCUT2D eigenvalue weighted by atomic mass is 16.5. The van der Waals surface area contributed by atoms with Gasteiger partial charge in [-0.2, -0.15) is 0 Å². The molecule has 1 amide bonds. The van der Waals surface area contributed by atoms with Crippen molar-refractivity contribution >= 4 is 5.91 Å². The third kappa shape index (κ3) is 6.43. The zero-order valence-electron chi connectivity index (χ0n) is 18.3. The number of nitrogens with two attached hydrogens (primary N) is 1. The number of rotatable bonds is 10. The normalized spacial score (nSPS) is 19.7. The van der Waals surface area contributed by atoms with E-state index in [0.717, 1.165) is 48.6 Å². The Balaban J connectivity index is 1.63. The van der Waals surface area contributed by atoms with Crippen LogP contribution in [0.15, 0.2) is 48.5 Å². The van der Waals surface area contributed by atoms with Gasteiger partial charge in [0.2, 0.25) is 5.91 Å². The number of primary amides is 1. The van der Waals surface area contributed by atoms with Crippen LogP contribution in [0, 0.1) is 5.92 Å². The van der Waals surface area contributed by atoms with E-state index in [4.69, 9.17) is 19.9 Å². The van der Waals surface area contributed by atoms with Crippen molar-refractivity contribution in [2.45, 2.75) is 25.0 Å². The summed E-state index contributed by atoms with van der Waals surface area (Å²) >= 11 is 0. The van der Waals surface area contributed by atoms with Crippen LogP contribution in [-0.4, -0.2) is 57.6 Å². The van der Waals surface area contributed by atoms with Crippen molar-refractivity contribution in [2.75, 3.05) is 40.5 Å². The van der Waals surface area contributed by atoms with E-state index in [1.165, 1.54) is 4.90 Å². The molecule has 7 nitrogen and oxygen atoms in total. The van der Waals surface area contributed by atoms with Gasteiger partial charge in [0.15, 0.2) is 0 Å². The third-order valence-corrected chi connectivity index (χ3v) is 5.91. The summed E-state index contributed by atoms with van der Waals surface area (Å²) in [5.41, 5.74) is 7.37. The Morgan fingerprint density at radius 3 is 1.90 bits per heavy atom. The van der Waals surface area contributed by atoms with Crippen LogP contribution in [0.3, 0.4) is 0 Å². The second-order valence-corrected chi connectivity index (χ2v) is 8.04. The molecule has 0 spiro atoms. The Labute approximate surface area is 183 Å². The van der Waals surface area contributed by atoms with Crippen LogP contribution >= 0.6 is 0 Å². The topological polar surface area (TPSA) is 95.5 Å². The van der Waals surface area contributed by atoms with E-state index in [-0.39, 0.29) is 24.5 Å². The Bertz CT molecular complexity index is 769. The molecule has 0 unspecified atom stereocenters. The van der Waals surface area contributed by atoms with Gasteiger partial charge in [-0.25, -0.2) is 0 Å². The Morgan fingerprint density at radius 2 is 1.48 bits per heavy atom. The van der Waals surface area contributed by atoms with Crippen LogP contribution in [0.4, 0.5) is 0 Å². The van der Waals surface area contributed by atoms with Crippen molar-refractivity contribution in [3.63, 3.8) is 0 Å². The summed E-state index contributed by atoms with van der Waals surface area (Å²) in [7, 11) is 3.27. The molecular weight excluding hydrogens is 396 g/mol. The van der Waals surface area contributed by atoms with Crippen molar-refractivity contribution < 1.29 is 29.0 Å². The molecule has 1 heterocycles. The molecule has 0 aromatic heterocycles. The van der Waals surface area contributed by atoms with E-state index in [2.05, 4.69) is 0 Å². The van der Waals surface area contributed by atoms with Gasteiger partial charge >= 0.3 is 0 Å². The largest absolute Gasteiger partial charge is 0.497 e. The lowest BCUT2D eigenvalue weighted by Crippen LogP contribution is -3.14. The summed E-state index contributed by atoms with van der Waals surface area (Å²) in [5.74, 6) is 1.30. The monoisotopic (exact) mass is 429 g/mol. The number of carbonyl (C=O) groups excluding carboxylic acids is 1. The summed E-state index contributed by atoms with van der Waals surface area (Å²) in [6, 6.07) is 15.5. The first kappa shape index (κ1) is 23.1. The number of carbonyl (C=O) groups is 1. The summed E-state index contributed by atoms with van der Waals surface area (Å²) in [6.45, 7) is 2.48. The molecule has 1 fully saturated rings. The molecule has 1 atom stereocenters. The van der Waals surface area contributed by atoms with Crippen LogP contribution < -0.4 is 20.1 Å². The van der Waals surface area contributed by atoms with Gasteiger partial charge in [0, 0.05) is 18.8 Å². The van der Waals surface area contributed by atoms with Crippen LogP contribution in [0.2, 0.25) is 0 Å². The summed E-state index contributed by atoms with van der Waals surface area (Å²) in [5, 5.41) is 10.6. The van der Waals surface area contributed by atoms with Gasteiger partial charge in [0.1, 0.15) is 30.3 Å². The fraction of sp³-hybridized carbons (Fsp3) is 0.458. The maximum absolute atomic E-state index is 11.3. The Hall–Kier alpha value is -2.61. The number of nitrogens with one attached hydrogen (secondary N) is 1. The summed E-state index contributed by atoms with van der Waals surface area (Å²) in [6.07, 6.45) is 0.637. The zero-order valence-corrected chi connectivity index (χ0v) is 18.3. The Morgan fingerprint density at radius 1 is 1.00 bits per heavy atom. The van der Waals surface area contributed by atoms with E-state index in [1.54, 1.807) is 14.2 Å².